The van der Waals surface area contributed by atoms with Crippen molar-refractivity contribution in [2.75, 3.05) is 13.2 Å². The summed E-state index contributed by atoms with van der Waals surface area (Å²) in [6, 6.07) is 3.55. The van der Waals surface area contributed by atoms with Crippen LogP contribution in [0.2, 0.25) is 0 Å². The Hall–Kier alpha value is -2.04. The molecule has 0 N–H and O–H groups in total. The van der Waals surface area contributed by atoms with Crippen molar-refractivity contribution >= 4 is 11.9 Å². The summed E-state index contributed by atoms with van der Waals surface area (Å²) in [7, 11) is 0. The lowest BCUT2D eigenvalue weighted by atomic mass is 10.3. The van der Waals surface area contributed by atoms with E-state index in [4.69, 9.17) is 9.15 Å². The minimum Gasteiger partial charge on any atom is -0.467 e. The Labute approximate surface area is 98.6 Å². The number of carbonyl (C=O) groups is 2. The Morgan fingerprint density at radius 1 is 1.59 bits per heavy atom. The molecule has 0 saturated carbocycles. The first-order valence-corrected chi connectivity index (χ1v) is 5.39. The average molecular weight is 235 g/mol. The third-order valence-corrected chi connectivity index (χ3v) is 2.44. The lowest BCUT2D eigenvalue weighted by molar-refractivity contribution is -0.138. The number of esters is 1. The molecule has 1 amide bonds. The number of hydrogen-bond donors (Lipinski definition) is 0. The average Bonchev–Trinajstić information content (AvgIpc) is 2.91. The summed E-state index contributed by atoms with van der Waals surface area (Å²) in [5.74, 6) is 0.0732. The van der Waals surface area contributed by atoms with E-state index in [2.05, 4.69) is 0 Å². The molecule has 1 aromatic rings. The molecule has 0 atom stereocenters. The molecule has 0 radical (unpaired) electrons. The minimum absolute atomic E-state index is 0.190. The number of furan rings is 1. The molecule has 0 aromatic carbocycles. The maximum Gasteiger partial charge on any atom is 0.336 e. The second kappa shape index (κ2) is 4.86. The summed E-state index contributed by atoms with van der Waals surface area (Å²) in [5.41, 5.74) is 0.392. The first-order valence-electron chi connectivity index (χ1n) is 5.39. The Bertz CT molecular complexity index is 447. The van der Waals surface area contributed by atoms with Gasteiger partial charge in [-0.2, -0.15) is 0 Å². The second-order valence-electron chi connectivity index (χ2n) is 3.66. The van der Waals surface area contributed by atoms with Crippen LogP contribution in [0.4, 0.5) is 0 Å². The van der Waals surface area contributed by atoms with Gasteiger partial charge in [0.1, 0.15) is 5.76 Å². The third-order valence-electron chi connectivity index (χ3n) is 2.44. The quantitative estimate of drug-likeness (QED) is 0.733. The summed E-state index contributed by atoms with van der Waals surface area (Å²) in [6.45, 7) is 2.68. The Morgan fingerprint density at radius 3 is 3.06 bits per heavy atom. The maximum atomic E-state index is 11.6. The zero-order valence-corrected chi connectivity index (χ0v) is 9.51. The van der Waals surface area contributed by atoms with Crippen LogP contribution in [-0.4, -0.2) is 29.9 Å². The van der Waals surface area contributed by atoms with Crippen molar-refractivity contribution in [2.24, 2.45) is 0 Å². The van der Waals surface area contributed by atoms with Crippen molar-refractivity contribution in [2.45, 2.75) is 13.5 Å². The lowest BCUT2D eigenvalue weighted by Crippen LogP contribution is -2.26. The SMILES string of the molecule is CCOC(=O)C1=CC(=O)N(Cc2ccco2)C1. The third kappa shape index (κ3) is 2.55. The van der Waals surface area contributed by atoms with Crippen molar-refractivity contribution in [1.29, 1.82) is 0 Å². The molecule has 0 saturated heterocycles. The fourth-order valence-corrected chi connectivity index (χ4v) is 1.64. The van der Waals surface area contributed by atoms with Crippen molar-refractivity contribution in [3.63, 3.8) is 0 Å². The van der Waals surface area contributed by atoms with Gasteiger partial charge in [0.25, 0.3) is 0 Å². The van der Waals surface area contributed by atoms with E-state index in [1.165, 1.54) is 11.0 Å². The first-order chi connectivity index (χ1) is 8.20. The molecule has 0 bridgehead atoms. The molecule has 0 fully saturated rings. The van der Waals surface area contributed by atoms with E-state index >= 15 is 0 Å². The Kier molecular flexibility index (Phi) is 3.27. The predicted molar refractivity (Wildman–Crippen MR) is 58.8 cm³/mol. The van der Waals surface area contributed by atoms with Crippen molar-refractivity contribution < 1.29 is 18.7 Å². The molecule has 1 aliphatic heterocycles. The Morgan fingerprint density at radius 2 is 2.41 bits per heavy atom. The number of nitrogens with zero attached hydrogens (tertiary/aromatic N) is 1. The highest BCUT2D eigenvalue weighted by atomic mass is 16.5. The van der Waals surface area contributed by atoms with Gasteiger partial charge in [0.05, 0.1) is 31.5 Å². The molecule has 5 nitrogen and oxygen atoms in total. The van der Waals surface area contributed by atoms with Gasteiger partial charge >= 0.3 is 5.97 Å². The molecule has 5 heteroatoms. The fraction of sp³-hybridized carbons (Fsp3) is 0.333. The molecule has 2 rings (SSSR count). The summed E-state index contributed by atoms with van der Waals surface area (Å²) in [5, 5.41) is 0. The van der Waals surface area contributed by atoms with Crippen LogP contribution >= 0.6 is 0 Å². The number of amides is 1. The van der Waals surface area contributed by atoms with Gasteiger partial charge in [-0.05, 0) is 19.1 Å². The number of rotatable bonds is 4. The highest BCUT2D eigenvalue weighted by Crippen LogP contribution is 2.15. The highest BCUT2D eigenvalue weighted by Gasteiger charge is 2.26. The minimum atomic E-state index is -0.428. The van der Waals surface area contributed by atoms with E-state index in [1.54, 1.807) is 25.3 Å². The molecule has 0 unspecified atom stereocenters. The molecule has 17 heavy (non-hydrogen) atoms. The van der Waals surface area contributed by atoms with Gasteiger partial charge in [-0.25, -0.2) is 4.79 Å². The maximum absolute atomic E-state index is 11.6. The van der Waals surface area contributed by atoms with Crippen LogP contribution in [0.1, 0.15) is 12.7 Å². The van der Waals surface area contributed by atoms with Gasteiger partial charge in [-0.1, -0.05) is 0 Å². The van der Waals surface area contributed by atoms with Gasteiger partial charge in [0.2, 0.25) is 5.91 Å². The smallest absolute Gasteiger partial charge is 0.336 e. The number of carbonyl (C=O) groups excluding carboxylic acids is 2. The van der Waals surface area contributed by atoms with Crippen LogP contribution in [0.15, 0.2) is 34.5 Å². The summed E-state index contributed by atoms with van der Waals surface area (Å²) in [6.07, 6.45) is 2.87. The fourth-order valence-electron chi connectivity index (χ4n) is 1.64. The molecular weight excluding hydrogens is 222 g/mol. The monoisotopic (exact) mass is 235 g/mol. The topological polar surface area (TPSA) is 59.8 Å². The van der Waals surface area contributed by atoms with Gasteiger partial charge in [0, 0.05) is 6.08 Å². The van der Waals surface area contributed by atoms with Crippen LogP contribution in [-0.2, 0) is 20.9 Å². The predicted octanol–water partition coefficient (Wildman–Crippen LogP) is 1.11. The Balaban J connectivity index is 1.97. The van der Waals surface area contributed by atoms with Crippen molar-refractivity contribution in [1.82, 2.24) is 4.90 Å². The van der Waals surface area contributed by atoms with E-state index < -0.39 is 5.97 Å². The van der Waals surface area contributed by atoms with Crippen molar-refractivity contribution in [3.05, 3.63) is 35.8 Å². The van der Waals surface area contributed by atoms with Crippen LogP contribution in [0.25, 0.3) is 0 Å². The van der Waals surface area contributed by atoms with Crippen molar-refractivity contribution in [3.8, 4) is 0 Å². The summed E-state index contributed by atoms with van der Waals surface area (Å²) in [4.78, 5) is 24.6. The van der Waals surface area contributed by atoms with Crippen LogP contribution < -0.4 is 0 Å². The standard InChI is InChI=1S/C12H13NO4/c1-2-16-12(15)9-6-11(14)13(7-9)8-10-4-3-5-17-10/h3-6H,2,7-8H2,1H3. The molecule has 1 aromatic heterocycles. The molecule has 0 spiro atoms. The highest BCUT2D eigenvalue weighted by molar-refractivity contribution is 6.02. The first kappa shape index (κ1) is 11.4. The van der Waals surface area contributed by atoms with E-state index in [-0.39, 0.29) is 12.5 Å². The molecular formula is C12H13NO4. The van der Waals surface area contributed by atoms with E-state index in [0.717, 1.165) is 0 Å². The van der Waals surface area contributed by atoms with E-state index in [9.17, 15) is 9.59 Å². The van der Waals surface area contributed by atoms with Gasteiger partial charge < -0.3 is 14.1 Å². The van der Waals surface area contributed by atoms with Gasteiger partial charge in [-0.3, -0.25) is 4.79 Å². The molecule has 0 aliphatic carbocycles. The summed E-state index contributed by atoms with van der Waals surface area (Å²) >= 11 is 0. The number of ether oxygens (including phenoxy) is 1. The van der Waals surface area contributed by atoms with Crippen LogP contribution in [0.3, 0.4) is 0 Å². The van der Waals surface area contributed by atoms with E-state index in [1.807, 2.05) is 0 Å². The van der Waals surface area contributed by atoms with E-state index in [0.29, 0.717) is 24.5 Å². The summed E-state index contributed by atoms with van der Waals surface area (Å²) < 4.78 is 10.0. The molecule has 90 valence electrons. The van der Waals surface area contributed by atoms with Crippen LogP contribution in [0, 0.1) is 0 Å². The van der Waals surface area contributed by atoms with Gasteiger partial charge in [-0.15, -0.1) is 0 Å². The zero-order chi connectivity index (χ0) is 12.3. The lowest BCUT2D eigenvalue weighted by Gasteiger charge is -2.14. The molecule has 2 heterocycles. The molecule has 1 aliphatic rings. The zero-order valence-electron chi connectivity index (χ0n) is 9.51. The largest absolute Gasteiger partial charge is 0.467 e. The normalized spacial score (nSPS) is 15.0. The second-order valence-corrected chi connectivity index (χ2v) is 3.66. The van der Waals surface area contributed by atoms with Gasteiger partial charge in [0.15, 0.2) is 0 Å². The van der Waals surface area contributed by atoms with Crippen LogP contribution in [0.5, 0.6) is 0 Å². The number of hydrogen-bond acceptors (Lipinski definition) is 4.